The van der Waals surface area contributed by atoms with Crippen LogP contribution in [-0.2, 0) is 11.2 Å². The van der Waals surface area contributed by atoms with Crippen molar-refractivity contribution in [3.8, 4) is 0 Å². The van der Waals surface area contributed by atoms with Gasteiger partial charge < -0.3 is 10.1 Å². The van der Waals surface area contributed by atoms with Gasteiger partial charge in [0, 0.05) is 36.2 Å². The zero-order valence-corrected chi connectivity index (χ0v) is 13.7. The Balaban J connectivity index is 1.93. The monoisotopic (exact) mass is 300 g/mol. The first-order chi connectivity index (χ1) is 9.20. The van der Waals surface area contributed by atoms with Gasteiger partial charge in [0.15, 0.2) is 0 Å². The molecule has 0 aliphatic carbocycles. The van der Waals surface area contributed by atoms with Gasteiger partial charge in [-0.15, -0.1) is 11.3 Å². The van der Waals surface area contributed by atoms with Crippen LogP contribution in [0, 0.1) is 6.92 Å². The quantitative estimate of drug-likeness (QED) is 0.875. The first-order valence-corrected chi connectivity index (χ1v) is 8.96. The largest absolute Gasteiger partial charge is 0.384 e. The molecule has 3 nitrogen and oxygen atoms in total. The second kappa shape index (κ2) is 7.62. The highest BCUT2D eigenvalue weighted by Gasteiger charge is 2.19. The number of aromatic nitrogens is 1. The third-order valence-corrected chi connectivity index (χ3v) is 6.05. The van der Waals surface area contributed by atoms with E-state index in [0.717, 1.165) is 13.0 Å². The van der Waals surface area contributed by atoms with Crippen LogP contribution >= 0.6 is 23.1 Å². The van der Waals surface area contributed by atoms with Gasteiger partial charge in [0.1, 0.15) is 0 Å². The molecule has 2 heterocycles. The maximum Gasteiger partial charge on any atom is 0.0954 e. The number of aryl methyl sites for hydroxylation is 1. The van der Waals surface area contributed by atoms with E-state index in [1.165, 1.54) is 39.9 Å². The maximum atomic E-state index is 5.13. The molecule has 1 saturated heterocycles. The number of nitrogens with one attached hydrogen (secondary N) is 1. The maximum absolute atomic E-state index is 5.13. The zero-order chi connectivity index (χ0) is 13.7. The highest BCUT2D eigenvalue weighted by atomic mass is 32.2. The van der Waals surface area contributed by atoms with Crippen molar-refractivity contribution in [3.05, 3.63) is 15.6 Å². The Kier molecular flexibility index (Phi) is 6.13. The van der Waals surface area contributed by atoms with Gasteiger partial charge in [-0.25, -0.2) is 4.98 Å². The SMILES string of the molecule is COCCc1nc(C)c([C@@H](C)N[C@H]2CCCSC2)s1. The Morgan fingerprint density at radius 1 is 1.53 bits per heavy atom. The summed E-state index contributed by atoms with van der Waals surface area (Å²) in [6.45, 7) is 5.14. The van der Waals surface area contributed by atoms with Crippen LogP contribution in [0.4, 0.5) is 0 Å². The molecule has 0 bridgehead atoms. The number of hydrogen-bond acceptors (Lipinski definition) is 5. The molecule has 5 heteroatoms. The molecular formula is C14H24N2OS2. The van der Waals surface area contributed by atoms with E-state index in [0.29, 0.717) is 12.1 Å². The van der Waals surface area contributed by atoms with Crippen LogP contribution in [0.15, 0.2) is 0 Å². The minimum Gasteiger partial charge on any atom is -0.384 e. The summed E-state index contributed by atoms with van der Waals surface area (Å²) in [5.74, 6) is 2.58. The molecule has 1 aliphatic heterocycles. The lowest BCUT2D eigenvalue weighted by atomic mass is 10.1. The fourth-order valence-corrected chi connectivity index (χ4v) is 4.61. The van der Waals surface area contributed by atoms with E-state index in [1.54, 1.807) is 7.11 Å². The van der Waals surface area contributed by atoms with Gasteiger partial charge in [-0.05, 0) is 32.4 Å². The molecule has 1 aliphatic rings. The summed E-state index contributed by atoms with van der Waals surface area (Å²) in [4.78, 5) is 6.05. The Hall–Kier alpha value is -0.100. The van der Waals surface area contributed by atoms with Gasteiger partial charge in [-0.3, -0.25) is 0 Å². The first kappa shape index (κ1) is 15.3. The number of thioether (sulfide) groups is 1. The summed E-state index contributed by atoms with van der Waals surface area (Å²) in [6.07, 6.45) is 3.58. The summed E-state index contributed by atoms with van der Waals surface area (Å²) in [5, 5.41) is 4.96. The lowest BCUT2D eigenvalue weighted by molar-refractivity contribution is 0.202. The third-order valence-electron chi connectivity index (χ3n) is 3.44. The second-order valence-electron chi connectivity index (χ2n) is 5.10. The first-order valence-electron chi connectivity index (χ1n) is 6.99. The molecule has 1 N–H and O–H groups in total. The Morgan fingerprint density at radius 3 is 3.05 bits per heavy atom. The standard InChI is InChI=1S/C14H24N2OS2/c1-10(15-12-5-4-8-18-9-12)14-11(2)16-13(19-14)6-7-17-3/h10,12,15H,4-9H2,1-3H3/t10-,12+/m1/s1. The minimum atomic E-state index is 0.414. The van der Waals surface area contributed by atoms with Crippen LogP contribution in [0.2, 0.25) is 0 Å². The zero-order valence-electron chi connectivity index (χ0n) is 12.1. The molecule has 108 valence electrons. The van der Waals surface area contributed by atoms with Gasteiger partial charge in [-0.2, -0.15) is 11.8 Å². The lowest BCUT2D eigenvalue weighted by Crippen LogP contribution is -2.35. The molecule has 0 unspecified atom stereocenters. The van der Waals surface area contributed by atoms with Gasteiger partial charge in [0.25, 0.3) is 0 Å². The highest BCUT2D eigenvalue weighted by Crippen LogP contribution is 2.27. The average molecular weight is 300 g/mol. The minimum absolute atomic E-state index is 0.414. The molecule has 2 rings (SSSR count). The predicted octanol–water partition coefficient (Wildman–Crippen LogP) is 3.19. The third kappa shape index (κ3) is 4.45. The van der Waals surface area contributed by atoms with Crippen molar-refractivity contribution in [1.82, 2.24) is 10.3 Å². The Bertz CT molecular complexity index is 389. The molecule has 1 aromatic rings. The normalized spacial score (nSPS) is 21.5. The van der Waals surface area contributed by atoms with E-state index in [-0.39, 0.29) is 0 Å². The van der Waals surface area contributed by atoms with Crippen molar-refractivity contribution in [3.63, 3.8) is 0 Å². The van der Waals surface area contributed by atoms with Crippen molar-refractivity contribution in [2.24, 2.45) is 0 Å². The van der Waals surface area contributed by atoms with Crippen LogP contribution in [0.1, 0.15) is 41.4 Å². The number of thiazole rings is 1. The average Bonchev–Trinajstić information content (AvgIpc) is 2.79. The fraction of sp³-hybridized carbons (Fsp3) is 0.786. The molecule has 1 aromatic heterocycles. The van der Waals surface area contributed by atoms with Crippen molar-refractivity contribution in [1.29, 1.82) is 0 Å². The van der Waals surface area contributed by atoms with E-state index < -0.39 is 0 Å². The molecular weight excluding hydrogens is 276 g/mol. The number of ether oxygens (including phenoxy) is 1. The molecule has 0 saturated carbocycles. The fourth-order valence-electron chi connectivity index (χ4n) is 2.47. The van der Waals surface area contributed by atoms with Crippen molar-refractivity contribution >= 4 is 23.1 Å². The molecule has 19 heavy (non-hydrogen) atoms. The van der Waals surface area contributed by atoms with E-state index in [9.17, 15) is 0 Å². The lowest BCUT2D eigenvalue weighted by Gasteiger charge is -2.26. The van der Waals surface area contributed by atoms with Crippen LogP contribution in [0.25, 0.3) is 0 Å². The van der Waals surface area contributed by atoms with Gasteiger partial charge >= 0.3 is 0 Å². The topological polar surface area (TPSA) is 34.1 Å². The van der Waals surface area contributed by atoms with Crippen LogP contribution in [0.5, 0.6) is 0 Å². The predicted molar refractivity (Wildman–Crippen MR) is 84.3 cm³/mol. The molecule has 0 radical (unpaired) electrons. The number of rotatable bonds is 6. The van der Waals surface area contributed by atoms with E-state index >= 15 is 0 Å². The summed E-state index contributed by atoms with van der Waals surface area (Å²) in [5.41, 5.74) is 1.18. The van der Waals surface area contributed by atoms with Crippen LogP contribution < -0.4 is 5.32 Å². The van der Waals surface area contributed by atoms with Crippen molar-refractivity contribution < 1.29 is 4.74 Å². The van der Waals surface area contributed by atoms with E-state index in [4.69, 9.17) is 4.74 Å². The van der Waals surface area contributed by atoms with Gasteiger partial charge in [0.2, 0.25) is 0 Å². The number of nitrogens with zero attached hydrogens (tertiary/aromatic N) is 1. The molecule has 0 aromatic carbocycles. The summed E-state index contributed by atoms with van der Waals surface area (Å²) in [7, 11) is 1.74. The Morgan fingerprint density at radius 2 is 2.37 bits per heavy atom. The van der Waals surface area contributed by atoms with Gasteiger partial charge in [-0.1, -0.05) is 0 Å². The second-order valence-corrected chi connectivity index (χ2v) is 7.37. The van der Waals surface area contributed by atoms with Crippen LogP contribution in [0.3, 0.4) is 0 Å². The summed E-state index contributed by atoms with van der Waals surface area (Å²) in [6, 6.07) is 1.08. The van der Waals surface area contributed by atoms with Crippen LogP contribution in [-0.4, -0.2) is 36.2 Å². The molecule has 0 spiro atoms. The summed E-state index contributed by atoms with van der Waals surface area (Å²) < 4.78 is 5.13. The number of methoxy groups -OCH3 is 1. The Labute approximate surface area is 124 Å². The van der Waals surface area contributed by atoms with Gasteiger partial charge in [0.05, 0.1) is 17.3 Å². The van der Waals surface area contributed by atoms with Crippen molar-refractivity contribution in [2.45, 2.75) is 45.2 Å². The van der Waals surface area contributed by atoms with Crippen molar-refractivity contribution in [2.75, 3.05) is 25.2 Å². The van der Waals surface area contributed by atoms with E-state index in [1.807, 2.05) is 11.3 Å². The molecule has 2 atom stereocenters. The number of hydrogen-bond donors (Lipinski definition) is 1. The molecule has 1 fully saturated rings. The van der Waals surface area contributed by atoms with E-state index in [2.05, 4.69) is 35.9 Å². The highest BCUT2D eigenvalue weighted by molar-refractivity contribution is 7.99. The smallest absolute Gasteiger partial charge is 0.0954 e. The summed E-state index contributed by atoms with van der Waals surface area (Å²) >= 11 is 3.91. The molecule has 0 amide bonds.